The number of ether oxygens (including phenoxy) is 2. The average Bonchev–Trinajstić information content (AvgIpc) is 3.16. The Balaban J connectivity index is 1.95. The Kier molecular flexibility index (Phi) is 7.19. The lowest BCUT2D eigenvalue weighted by Gasteiger charge is -2.43. The maximum Gasteiger partial charge on any atom is 0.409 e. The highest BCUT2D eigenvalue weighted by Gasteiger charge is 2.54. The molecule has 3 rings (SSSR count). The maximum atomic E-state index is 13.1. The van der Waals surface area contributed by atoms with Crippen LogP contribution >= 0.6 is 0 Å². The Morgan fingerprint density at radius 3 is 2.72 bits per heavy atom. The third-order valence-corrected chi connectivity index (χ3v) is 6.46. The maximum absolute atomic E-state index is 13.1. The number of carbonyl (C=O) groups excluding carboxylic acids is 2. The number of esters is 1. The second-order valence-electron chi connectivity index (χ2n) is 10.3. The van der Waals surface area contributed by atoms with Gasteiger partial charge in [-0.2, -0.15) is 0 Å². The van der Waals surface area contributed by atoms with Gasteiger partial charge in [-0.1, -0.05) is 38.8 Å². The van der Waals surface area contributed by atoms with Crippen molar-refractivity contribution in [3.05, 3.63) is 35.4 Å². The molecule has 1 saturated heterocycles. The lowest BCUT2D eigenvalue weighted by Crippen LogP contribution is -2.53. The fourth-order valence-corrected chi connectivity index (χ4v) is 5.06. The van der Waals surface area contributed by atoms with E-state index >= 15 is 0 Å². The van der Waals surface area contributed by atoms with Gasteiger partial charge in [0.15, 0.2) is 5.60 Å². The van der Waals surface area contributed by atoms with E-state index in [2.05, 4.69) is 32.6 Å². The molecule has 2 aliphatic rings. The summed E-state index contributed by atoms with van der Waals surface area (Å²) < 4.78 is 11.2. The molecule has 0 bridgehead atoms. The summed E-state index contributed by atoms with van der Waals surface area (Å²) in [5.74, 6) is 6.11. The van der Waals surface area contributed by atoms with Crippen LogP contribution in [0.2, 0.25) is 0 Å². The molecule has 6 heteroatoms. The summed E-state index contributed by atoms with van der Waals surface area (Å²) in [7, 11) is 1.40. The molecule has 2 N–H and O–H groups in total. The Morgan fingerprint density at radius 1 is 1.31 bits per heavy atom. The smallest absolute Gasteiger partial charge is 0.409 e. The van der Waals surface area contributed by atoms with Crippen molar-refractivity contribution in [3.63, 3.8) is 0 Å². The van der Waals surface area contributed by atoms with Crippen molar-refractivity contribution in [2.45, 2.75) is 77.5 Å². The monoisotopic (exact) mass is 440 g/mol. The summed E-state index contributed by atoms with van der Waals surface area (Å²) in [5.41, 5.74) is 7.17. The summed E-state index contributed by atoms with van der Waals surface area (Å²) in [6, 6.07) is 7.19. The van der Waals surface area contributed by atoms with E-state index in [4.69, 9.17) is 15.2 Å². The van der Waals surface area contributed by atoms with E-state index in [-0.39, 0.29) is 23.5 Å². The Bertz CT molecular complexity index is 910. The number of nitrogens with two attached hydrogens (primary N) is 1. The quantitative estimate of drug-likeness (QED) is 0.567. The first-order valence-corrected chi connectivity index (χ1v) is 11.5. The molecule has 1 heterocycles. The topological polar surface area (TPSA) is 81.9 Å². The minimum atomic E-state index is -0.970. The van der Waals surface area contributed by atoms with Crippen molar-refractivity contribution in [3.8, 4) is 11.8 Å². The van der Waals surface area contributed by atoms with Gasteiger partial charge in [-0.25, -0.2) is 4.79 Å². The van der Waals surface area contributed by atoms with Gasteiger partial charge in [-0.3, -0.25) is 4.79 Å². The lowest BCUT2D eigenvalue weighted by molar-refractivity contribution is -0.165. The molecule has 1 saturated carbocycles. The van der Waals surface area contributed by atoms with Crippen molar-refractivity contribution >= 4 is 12.1 Å². The molecule has 1 aliphatic carbocycles. The fraction of sp³-hybridized carbons (Fsp3) is 0.615. The fourth-order valence-electron chi connectivity index (χ4n) is 5.06. The van der Waals surface area contributed by atoms with Gasteiger partial charge in [0.1, 0.15) is 6.04 Å². The zero-order valence-corrected chi connectivity index (χ0v) is 19.9. The molecule has 0 spiro atoms. The summed E-state index contributed by atoms with van der Waals surface area (Å²) >= 11 is 0. The van der Waals surface area contributed by atoms with Gasteiger partial charge in [0.05, 0.1) is 7.11 Å². The van der Waals surface area contributed by atoms with E-state index < -0.39 is 17.6 Å². The van der Waals surface area contributed by atoms with Gasteiger partial charge in [-0.15, -0.1) is 0 Å². The van der Waals surface area contributed by atoms with Crippen LogP contribution in [-0.2, 0) is 14.3 Å². The molecular weight excluding hydrogens is 404 g/mol. The van der Waals surface area contributed by atoms with E-state index in [1.165, 1.54) is 7.11 Å². The Morgan fingerprint density at radius 2 is 2.06 bits per heavy atom. The first kappa shape index (κ1) is 24.1. The highest BCUT2D eigenvalue weighted by atomic mass is 16.6. The van der Waals surface area contributed by atoms with Crippen LogP contribution in [0.1, 0.15) is 64.0 Å². The predicted octanol–water partition coefficient (Wildman–Crippen LogP) is 4.03. The third-order valence-electron chi connectivity index (χ3n) is 6.46. The Labute approximate surface area is 191 Å². The number of fused-ring (bicyclic) bond motifs is 1. The van der Waals surface area contributed by atoms with Crippen molar-refractivity contribution in [2.75, 3.05) is 13.7 Å². The van der Waals surface area contributed by atoms with Crippen LogP contribution < -0.4 is 5.73 Å². The molecule has 1 aromatic carbocycles. The van der Waals surface area contributed by atoms with Gasteiger partial charge >= 0.3 is 12.1 Å². The average molecular weight is 441 g/mol. The highest BCUT2D eigenvalue weighted by molar-refractivity contribution is 5.76. The van der Waals surface area contributed by atoms with Crippen molar-refractivity contribution < 1.29 is 19.1 Å². The van der Waals surface area contributed by atoms with Crippen LogP contribution in [0.5, 0.6) is 0 Å². The zero-order chi connectivity index (χ0) is 23.5. The molecule has 174 valence electrons. The first-order valence-electron chi connectivity index (χ1n) is 11.5. The van der Waals surface area contributed by atoms with E-state index in [1.807, 2.05) is 31.2 Å². The molecule has 0 unspecified atom stereocenters. The van der Waals surface area contributed by atoms with E-state index in [1.54, 1.807) is 4.90 Å². The molecule has 2 fully saturated rings. The number of likely N-dealkylation sites (tertiary alicyclic amines) is 1. The summed E-state index contributed by atoms with van der Waals surface area (Å²) in [6.07, 6.45) is 3.18. The molecule has 32 heavy (non-hydrogen) atoms. The molecule has 4 atom stereocenters. The second-order valence-corrected chi connectivity index (χ2v) is 10.3. The summed E-state index contributed by atoms with van der Waals surface area (Å²) in [6.45, 7) is 8.75. The van der Waals surface area contributed by atoms with Gasteiger partial charge in [0.2, 0.25) is 0 Å². The van der Waals surface area contributed by atoms with Gasteiger partial charge in [-0.05, 0) is 68.1 Å². The van der Waals surface area contributed by atoms with Crippen LogP contribution in [0.25, 0.3) is 0 Å². The predicted molar refractivity (Wildman–Crippen MR) is 124 cm³/mol. The molecule has 0 aromatic heterocycles. The van der Waals surface area contributed by atoms with Crippen LogP contribution in [0.4, 0.5) is 4.79 Å². The molecular formula is C26H36N2O4. The standard InChI is InChI=1S/C26H36N2O4/c1-18-8-6-9-19(16-18)11-14-26(32-23(29)21(27)17-25(2,3)4)13-7-10-22-20(26)12-15-28(22)24(30)31-5/h6,8-9,16,20-22H,7,10,12-13,15,17,27H2,1-5H3/t20-,21-,22-,26-/m1/s1. The van der Waals surface area contributed by atoms with Gasteiger partial charge in [0.25, 0.3) is 0 Å². The largest absolute Gasteiger partial charge is 0.453 e. The zero-order valence-electron chi connectivity index (χ0n) is 19.9. The van der Waals surface area contributed by atoms with E-state index in [0.717, 1.165) is 24.0 Å². The number of hydrogen-bond acceptors (Lipinski definition) is 5. The molecule has 6 nitrogen and oxygen atoms in total. The number of aryl methyl sites for hydroxylation is 1. The van der Waals surface area contributed by atoms with E-state index in [9.17, 15) is 9.59 Å². The van der Waals surface area contributed by atoms with Crippen LogP contribution in [0, 0.1) is 30.1 Å². The minimum absolute atomic E-state index is 0.0605. The molecule has 0 radical (unpaired) electrons. The van der Waals surface area contributed by atoms with Crippen molar-refractivity contribution in [1.82, 2.24) is 4.90 Å². The van der Waals surface area contributed by atoms with Crippen molar-refractivity contribution in [2.24, 2.45) is 17.1 Å². The molecule has 1 amide bonds. The summed E-state index contributed by atoms with van der Waals surface area (Å²) in [4.78, 5) is 27.2. The van der Waals surface area contributed by atoms with Crippen LogP contribution in [-0.4, -0.2) is 48.3 Å². The highest BCUT2D eigenvalue weighted by Crippen LogP contribution is 2.45. The number of amides is 1. The number of methoxy groups -OCH3 is 1. The van der Waals surface area contributed by atoms with Crippen molar-refractivity contribution in [1.29, 1.82) is 0 Å². The number of benzene rings is 1. The minimum Gasteiger partial charge on any atom is -0.453 e. The first-order chi connectivity index (χ1) is 15.0. The number of carbonyl (C=O) groups is 2. The normalized spacial score (nSPS) is 25.9. The third kappa shape index (κ3) is 5.45. The number of hydrogen-bond donors (Lipinski definition) is 1. The molecule has 1 aliphatic heterocycles. The summed E-state index contributed by atoms with van der Waals surface area (Å²) in [5, 5.41) is 0. The second kappa shape index (κ2) is 9.54. The SMILES string of the molecule is COC(=O)N1CC[C@@H]2[C@H]1CCC[C@]2(C#Cc1cccc(C)c1)OC(=O)[C@H](N)CC(C)(C)C. The Hall–Kier alpha value is -2.52. The lowest BCUT2D eigenvalue weighted by atomic mass is 9.72. The van der Waals surface area contributed by atoms with Crippen LogP contribution in [0.3, 0.4) is 0 Å². The molecule has 1 aromatic rings. The van der Waals surface area contributed by atoms with E-state index in [0.29, 0.717) is 25.8 Å². The van der Waals surface area contributed by atoms with Crippen LogP contribution in [0.15, 0.2) is 24.3 Å². The number of nitrogens with zero attached hydrogens (tertiary/aromatic N) is 1. The van der Waals surface area contributed by atoms with Gasteiger partial charge < -0.3 is 20.1 Å². The number of rotatable bonds is 3. The van der Waals surface area contributed by atoms with Gasteiger partial charge in [0, 0.05) is 24.1 Å².